The number of imide groups is 1. The largest absolute Gasteiger partial charge is 0.322 e. The van der Waals surface area contributed by atoms with Crippen LogP contribution < -0.4 is 10.0 Å². The lowest BCUT2D eigenvalue weighted by Crippen LogP contribution is -2.52. The number of sulfonamides is 1. The van der Waals surface area contributed by atoms with Crippen LogP contribution in [0.5, 0.6) is 0 Å². The van der Waals surface area contributed by atoms with E-state index in [4.69, 9.17) is 11.6 Å². The zero-order valence-corrected chi connectivity index (χ0v) is 19.0. The van der Waals surface area contributed by atoms with Crippen LogP contribution in [0.25, 0.3) is 0 Å². The van der Waals surface area contributed by atoms with Crippen molar-refractivity contribution in [1.29, 1.82) is 0 Å². The molecular formula is C20H20ClN3O5S2. The molecule has 3 amide bonds. The molecule has 1 fully saturated rings. The number of hydrogen-bond donors (Lipinski definition) is 2. The molecule has 0 spiro atoms. The molecule has 1 unspecified atom stereocenters. The second-order valence-electron chi connectivity index (χ2n) is 7.61. The van der Waals surface area contributed by atoms with Gasteiger partial charge in [-0.25, -0.2) is 13.1 Å². The minimum Gasteiger partial charge on any atom is -0.322 e. The van der Waals surface area contributed by atoms with Crippen LogP contribution in [-0.2, 0) is 38.5 Å². The number of aryl methyl sites for hydroxylation is 1. The summed E-state index contributed by atoms with van der Waals surface area (Å²) < 4.78 is 27.6. The highest BCUT2D eigenvalue weighted by molar-refractivity contribution is 7.88. The number of carbonyl (C=O) groups is 3. The van der Waals surface area contributed by atoms with E-state index in [-0.39, 0.29) is 43.5 Å². The van der Waals surface area contributed by atoms with Gasteiger partial charge in [-0.2, -0.15) is 0 Å². The Balaban J connectivity index is 1.44. The Hall–Kier alpha value is -2.27. The first kappa shape index (κ1) is 21.9. The third-order valence-electron chi connectivity index (χ3n) is 5.43. The quantitative estimate of drug-likeness (QED) is 0.613. The van der Waals surface area contributed by atoms with Crippen molar-refractivity contribution < 1.29 is 22.8 Å². The molecule has 0 aliphatic carbocycles. The van der Waals surface area contributed by atoms with Crippen LogP contribution in [-0.4, -0.2) is 37.1 Å². The van der Waals surface area contributed by atoms with Gasteiger partial charge in [0.2, 0.25) is 21.8 Å². The highest BCUT2D eigenvalue weighted by Crippen LogP contribution is 2.33. The van der Waals surface area contributed by atoms with Gasteiger partial charge in [-0.15, -0.1) is 11.3 Å². The fraction of sp³-hybridized carbons (Fsp3) is 0.350. The Morgan fingerprint density at radius 3 is 2.77 bits per heavy atom. The Bertz CT molecular complexity index is 1190. The Labute approximate surface area is 188 Å². The van der Waals surface area contributed by atoms with Gasteiger partial charge in [-0.05, 0) is 36.1 Å². The monoisotopic (exact) mass is 481 g/mol. The minimum absolute atomic E-state index is 0.0540. The summed E-state index contributed by atoms with van der Waals surface area (Å²) in [6.07, 6.45) is 0.466. The van der Waals surface area contributed by atoms with Crippen molar-refractivity contribution in [3.8, 4) is 0 Å². The maximum Gasteiger partial charge on any atom is 0.256 e. The van der Waals surface area contributed by atoms with E-state index in [2.05, 4.69) is 10.0 Å². The number of nitrogens with zero attached hydrogens (tertiary/aromatic N) is 1. The van der Waals surface area contributed by atoms with Gasteiger partial charge in [-0.1, -0.05) is 23.7 Å². The van der Waals surface area contributed by atoms with Crippen LogP contribution in [0.4, 0.5) is 0 Å². The Kier molecular flexibility index (Phi) is 5.91. The van der Waals surface area contributed by atoms with Crippen LogP contribution in [0.3, 0.4) is 0 Å². The van der Waals surface area contributed by atoms with Gasteiger partial charge < -0.3 is 4.90 Å². The van der Waals surface area contributed by atoms with E-state index in [0.717, 1.165) is 16.0 Å². The number of piperidine rings is 1. The lowest BCUT2D eigenvalue weighted by atomic mass is 10.0. The first-order chi connectivity index (χ1) is 14.6. The number of thiophene rings is 1. The van der Waals surface area contributed by atoms with Gasteiger partial charge >= 0.3 is 0 Å². The molecule has 1 saturated heterocycles. The lowest BCUT2D eigenvalue weighted by molar-refractivity contribution is -0.136. The number of nitrogens with one attached hydrogen (secondary N) is 2. The summed E-state index contributed by atoms with van der Waals surface area (Å²) in [5.74, 6) is -1.30. The molecule has 31 heavy (non-hydrogen) atoms. The molecule has 1 aromatic heterocycles. The predicted octanol–water partition coefficient (Wildman–Crippen LogP) is 2.09. The molecule has 164 valence electrons. The van der Waals surface area contributed by atoms with E-state index < -0.39 is 22.0 Å². The average Bonchev–Trinajstić information content (AvgIpc) is 3.23. The van der Waals surface area contributed by atoms with Gasteiger partial charge in [0.05, 0.1) is 11.3 Å². The second kappa shape index (κ2) is 8.34. The number of fused-ring (bicyclic) bond motifs is 1. The summed E-state index contributed by atoms with van der Waals surface area (Å²) in [5, 5.41) is 4.46. The maximum atomic E-state index is 12.8. The van der Waals surface area contributed by atoms with E-state index in [1.54, 1.807) is 23.6 Å². The number of benzene rings is 1. The standard InChI is InChI=1S/C20H20ClN3O5S2/c1-11-2-3-12(6-15(11)21)10-31(28,29)22-7-17-13-8-24(20(27)14(13)9-30-17)16-4-5-18(25)23-19(16)26/h2-3,6,9,16,22H,4-5,7-8,10H2,1H3,(H,23,25,26). The van der Waals surface area contributed by atoms with Gasteiger partial charge in [-0.3, -0.25) is 19.7 Å². The SMILES string of the molecule is Cc1ccc(CS(=O)(=O)NCc2scc3c2CN(C2CCC(=O)NC2=O)C3=O)cc1Cl. The third kappa shape index (κ3) is 4.52. The molecular weight excluding hydrogens is 462 g/mol. The normalized spacial score (nSPS) is 19.0. The van der Waals surface area contributed by atoms with E-state index in [9.17, 15) is 22.8 Å². The van der Waals surface area contributed by atoms with E-state index >= 15 is 0 Å². The predicted molar refractivity (Wildman–Crippen MR) is 116 cm³/mol. The van der Waals surface area contributed by atoms with Crippen molar-refractivity contribution in [3.05, 3.63) is 55.7 Å². The number of carbonyl (C=O) groups excluding carboxylic acids is 3. The summed E-state index contributed by atoms with van der Waals surface area (Å²) in [6.45, 7) is 2.11. The fourth-order valence-corrected chi connectivity index (χ4v) is 6.08. The van der Waals surface area contributed by atoms with Crippen molar-refractivity contribution in [2.24, 2.45) is 0 Å². The Morgan fingerprint density at radius 1 is 1.29 bits per heavy atom. The number of hydrogen-bond acceptors (Lipinski definition) is 6. The van der Waals surface area contributed by atoms with Gasteiger partial charge in [0.15, 0.2) is 0 Å². The molecule has 2 aliphatic heterocycles. The van der Waals surface area contributed by atoms with E-state index in [1.807, 2.05) is 6.92 Å². The molecule has 2 N–H and O–H groups in total. The average molecular weight is 482 g/mol. The molecule has 8 nitrogen and oxygen atoms in total. The molecule has 0 bridgehead atoms. The van der Waals surface area contributed by atoms with Gasteiger partial charge in [0.1, 0.15) is 6.04 Å². The van der Waals surface area contributed by atoms with Crippen molar-refractivity contribution in [2.45, 2.75) is 44.6 Å². The molecule has 3 heterocycles. The van der Waals surface area contributed by atoms with E-state index in [1.165, 1.54) is 16.2 Å². The molecule has 0 radical (unpaired) electrons. The van der Waals surface area contributed by atoms with Gasteiger partial charge in [0, 0.05) is 34.8 Å². The van der Waals surface area contributed by atoms with Crippen molar-refractivity contribution in [1.82, 2.24) is 14.9 Å². The smallest absolute Gasteiger partial charge is 0.256 e. The zero-order valence-electron chi connectivity index (χ0n) is 16.6. The number of rotatable bonds is 6. The molecule has 1 aromatic carbocycles. The van der Waals surface area contributed by atoms with Crippen LogP contribution in [0.2, 0.25) is 5.02 Å². The molecule has 0 saturated carbocycles. The van der Waals surface area contributed by atoms with Crippen molar-refractivity contribution in [3.63, 3.8) is 0 Å². The first-order valence-corrected chi connectivity index (χ1v) is 12.5. The van der Waals surface area contributed by atoms with Crippen molar-refractivity contribution >= 4 is 50.7 Å². The van der Waals surface area contributed by atoms with Gasteiger partial charge in [0.25, 0.3) is 5.91 Å². The molecule has 2 aliphatic rings. The topological polar surface area (TPSA) is 113 Å². The summed E-state index contributed by atoms with van der Waals surface area (Å²) in [7, 11) is -3.62. The Morgan fingerprint density at radius 2 is 2.06 bits per heavy atom. The van der Waals surface area contributed by atoms with Crippen molar-refractivity contribution in [2.75, 3.05) is 0 Å². The summed E-state index contributed by atoms with van der Waals surface area (Å²) in [6, 6.07) is 4.43. The molecule has 11 heteroatoms. The highest BCUT2D eigenvalue weighted by Gasteiger charge is 2.40. The zero-order chi connectivity index (χ0) is 22.3. The summed E-state index contributed by atoms with van der Waals surface area (Å²) in [4.78, 5) is 38.5. The van der Waals surface area contributed by atoms with Crippen LogP contribution in [0.1, 0.15) is 44.8 Å². The molecule has 1 atom stereocenters. The summed E-state index contributed by atoms with van der Waals surface area (Å²) in [5.41, 5.74) is 2.66. The number of amides is 3. The van der Waals surface area contributed by atoms with E-state index in [0.29, 0.717) is 16.1 Å². The van der Waals surface area contributed by atoms with Crippen LogP contribution in [0, 0.1) is 6.92 Å². The second-order valence-corrected chi connectivity index (χ2v) is 10.8. The van der Waals surface area contributed by atoms with Crippen LogP contribution in [0.15, 0.2) is 23.6 Å². The fourth-order valence-electron chi connectivity index (χ4n) is 3.72. The highest BCUT2D eigenvalue weighted by atomic mass is 35.5. The first-order valence-electron chi connectivity index (χ1n) is 9.61. The lowest BCUT2D eigenvalue weighted by Gasteiger charge is -2.29. The molecule has 2 aromatic rings. The maximum absolute atomic E-state index is 12.8. The third-order valence-corrected chi connectivity index (χ3v) is 8.17. The summed E-state index contributed by atoms with van der Waals surface area (Å²) >= 11 is 7.38. The molecule has 4 rings (SSSR count). The number of halogens is 1. The van der Waals surface area contributed by atoms with Crippen LogP contribution >= 0.6 is 22.9 Å². The minimum atomic E-state index is -3.62.